The van der Waals surface area contributed by atoms with Gasteiger partial charge in [0.15, 0.2) is 0 Å². The number of nitrogens with zero attached hydrogens (tertiary/aromatic N) is 2. The summed E-state index contributed by atoms with van der Waals surface area (Å²) in [5.74, 6) is 1.04. The number of ether oxygens (including phenoxy) is 2. The lowest BCUT2D eigenvalue weighted by Gasteiger charge is -2.09. The summed E-state index contributed by atoms with van der Waals surface area (Å²) in [5.41, 5.74) is 1.75. The minimum absolute atomic E-state index is 0.266. The van der Waals surface area contributed by atoms with Crippen LogP contribution in [0.25, 0.3) is 0 Å². The Balaban J connectivity index is 1.31. The number of carbonyl (C=O) groups excluding carboxylic acids is 1. The molecule has 2 heterocycles. The Labute approximate surface area is 178 Å². The van der Waals surface area contributed by atoms with Crippen molar-refractivity contribution >= 4 is 11.6 Å². The van der Waals surface area contributed by atoms with Gasteiger partial charge >= 0.3 is 0 Å². The van der Waals surface area contributed by atoms with Gasteiger partial charge in [-0.2, -0.15) is 0 Å². The molecule has 154 valence electrons. The lowest BCUT2D eigenvalue weighted by atomic mass is 10.2. The lowest BCUT2D eigenvalue weighted by Crippen LogP contribution is -2.12. The molecule has 0 aliphatic carbocycles. The van der Waals surface area contributed by atoms with E-state index in [1.54, 1.807) is 66.9 Å². The predicted octanol–water partition coefficient (Wildman–Crippen LogP) is 5.24. The molecule has 4 aromatic rings. The van der Waals surface area contributed by atoms with E-state index >= 15 is 0 Å². The van der Waals surface area contributed by atoms with Gasteiger partial charge in [-0.1, -0.05) is 12.1 Å². The van der Waals surface area contributed by atoms with E-state index in [4.69, 9.17) is 9.47 Å². The lowest BCUT2D eigenvalue weighted by molar-refractivity contribution is 0.102. The van der Waals surface area contributed by atoms with Crippen LogP contribution < -0.4 is 14.8 Å². The number of pyridine rings is 2. The van der Waals surface area contributed by atoms with Crippen LogP contribution in [0.1, 0.15) is 15.9 Å². The third-order valence-corrected chi connectivity index (χ3v) is 4.26. The van der Waals surface area contributed by atoms with Crippen molar-refractivity contribution in [3.8, 4) is 17.4 Å². The van der Waals surface area contributed by atoms with E-state index in [2.05, 4.69) is 15.3 Å². The van der Waals surface area contributed by atoms with Crippen LogP contribution in [0.4, 0.5) is 10.1 Å². The maximum Gasteiger partial charge on any atom is 0.257 e. The topological polar surface area (TPSA) is 73.3 Å². The smallest absolute Gasteiger partial charge is 0.257 e. The van der Waals surface area contributed by atoms with Crippen LogP contribution >= 0.6 is 0 Å². The number of benzene rings is 2. The molecule has 0 saturated heterocycles. The quantitative estimate of drug-likeness (QED) is 0.447. The molecule has 0 aliphatic heterocycles. The molecular weight excluding hydrogens is 397 g/mol. The van der Waals surface area contributed by atoms with Crippen molar-refractivity contribution in [2.75, 3.05) is 5.32 Å². The molecule has 0 unspecified atom stereocenters. The minimum Gasteiger partial charge on any atom is -0.489 e. The fourth-order valence-corrected chi connectivity index (χ4v) is 2.73. The van der Waals surface area contributed by atoms with Crippen LogP contribution in [0.2, 0.25) is 0 Å². The van der Waals surface area contributed by atoms with Crippen molar-refractivity contribution in [2.45, 2.75) is 6.61 Å². The number of amides is 1. The molecule has 2 aromatic heterocycles. The van der Waals surface area contributed by atoms with Gasteiger partial charge in [0.05, 0.1) is 17.4 Å². The highest BCUT2D eigenvalue weighted by Crippen LogP contribution is 2.24. The number of hydrogen-bond donors (Lipinski definition) is 1. The van der Waals surface area contributed by atoms with Crippen LogP contribution in [0.15, 0.2) is 91.4 Å². The van der Waals surface area contributed by atoms with Gasteiger partial charge in [0.2, 0.25) is 5.88 Å². The number of carbonyl (C=O) groups is 1. The maximum absolute atomic E-state index is 13.2. The monoisotopic (exact) mass is 415 g/mol. The van der Waals surface area contributed by atoms with Crippen LogP contribution in [0.3, 0.4) is 0 Å². The number of halogens is 1. The molecule has 0 fully saturated rings. The van der Waals surface area contributed by atoms with E-state index in [0.717, 1.165) is 5.56 Å². The van der Waals surface area contributed by atoms with E-state index in [9.17, 15) is 9.18 Å². The highest BCUT2D eigenvalue weighted by Gasteiger charge is 2.07. The third-order valence-electron chi connectivity index (χ3n) is 4.26. The zero-order chi connectivity index (χ0) is 21.5. The standard InChI is InChI=1S/C24H18FN3O3/c25-19-5-1-3-17(13-19)16-30-21-7-9-22(10-8-21)31-23-11-6-20(15-27-23)28-24(29)18-4-2-12-26-14-18/h1-15H,16H2,(H,28,29). The second-order valence-corrected chi connectivity index (χ2v) is 6.57. The first-order valence-corrected chi connectivity index (χ1v) is 9.48. The molecule has 6 nitrogen and oxygen atoms in total. The van der Waals surface area contributed by atoms with Gasteiger partial charge < -0.3 is 14.8 Å². The highest BCUT2D eigenvalue weighted by molar-refractivity contribution is 6.03. The van der Waals surface area contributed by atoms with Gasteiger partial charge in [0.1, 0.15) is 23.9 Å². The molecule has 0 radical (unpaired) electrons. The number of anilines is 1. The Morgan fingerprint density at radius 2 is 1.77 bits per heavy atom. The zero-order valence-electron chi connectivity index (χ0n) is 16.4. The highest BCUT2D eigenvalue weighted by atomic mass is 19.1. The maximum atomic E-state index is 13.2. The average Bonchev–Trinajstić information content (AvgIpc) is 2.80. The van der Waals surface area contributed by atoms with Crippen LogP contribution in [0, 0.1) is 5.82 Å². The average molecular weight is 415 g/mol. The van der Waals surface area contributed by atoms with Crippen LogP contribution in [-0.2, 0) is 6.61 Å². The van der Waals surface area contributed by atoms with E-state index in [1.807, 2.05) is 0 Å². The fourth-order valence-electron chi connectivity index (χ4n) is 2.73. The Morgan fingerprint density at radius 1 is 0.935 bits per heavy atom. The SMILES string of the molecule is O=C(Nc1ccc(Oc2ccc(OCc3cccc(F)c3)cc2)nc1)c1cccnc1. The number of hydrogen-bond acceptors (Lipinski definition) is 5. The summed E-state index contributed by atoms with van der Waals surface area (Å²) in [4.78, 5) is 20.3. The van der Waals surface area contributed by atoms with Crippen molar-refractivity contribution in [1.82, 2.24) is 9.97 Å². The van der Waals surface area contributed by atoms with Gasteiger partial charge in [0, 0.05) is 18.5 Å². The summed E-state index contributed by atoms with van der Waals surface area (Å²) >= 11 is 0. The third kappa shape index (κ3) is 5.63. The largest absolute Gasteiger partial charge is 0.489 e. The molecule has 4 rings (SSSR count). The van der Waals surface area contributed by atoms with E-state index in [1.165, 1.54) is 24.5 Å². The second-order valence-electron chi connectivity index (χ2n) is 6.57. The first-order valence-electron chi connectivity index (χ1n) is 9.48. The molecule has 0 aliphatic rings. The van der Waals surface area contributed by atoms with Crippen LogP contribution in [0.5, 0.6) is 17.4 Å². The molecule has 2 aromatic carbocycles. The molecule has 1 N–H and O–H groups in total. The molecule has 7 heteroatoms. The fraction of sp³-hybridized carbons (Fsp3) is 0.0417. The van der Waals surface area contributed by atoms with Crippen molar-refractivity contribution in [1.29, 1.82) is 0 Å². The summed E-state index contributed by atoms with van der Waals surface area (Å²) < 4.78 is 24.6. The molecule has 31 heavy (non-hydrogen) atoms. The molecule has 0 spiro atoms. The van der Waals surface area contributed by atoms with Gasteiger partial charge in [-0.05, 0) is 60.2 Å². The minimum atomic E-state index is -0.292. The number of rotatable bonds is 7. The Bertz CT molecular complexity index is 1150. The first-order chi connectivity index (χ1) is 15.2. The molecule has 1 amide bonds. The van der Waals surface area contributed by atoms with Gasteiger partial charge in [-0.15, -0.1) is 0 Å². The second kappa shape index (κ2) is 9.49. The van der Waals surface area contributed by atoms with Crippen molar-refractivity contribution in [3.63, 3.8) is 0 Å². The van der Waals surface area contributed by atoms with Crippen molar-refractivity contribution in [3.05, 3.63) is 108 Å². The van der Waals surface area contributed by atoms with E-state index < -0.39 is 0 Å². The Kier molecular flexibility index (Phi) is 6.13. The summed E-state index contributed by atoms with van der Waals surface area (Å²) in [5, 5.41) is 2.75. The van der Waals surface area contributed by atoms with Crippen molar-refractivity contribution < 1.29 is 18.7 Å². The van der Waals surface area contributed by atoms with Crippen LogP contribution in [-0.4, -0.2) is 15.9 Å². The molecule has 0 saturated carbocycles. The molecule has 0 bridgehead atoms. The number of aromatic nitrogens is 2. The van der Waals surface area contributed by atoms with E-state index in [-0.39, 0.29) is 18.3 Å². The van der Waals surface area contributed by atoms with E-state index in [0.29, 0.717) is 28.6 Å². The first kappa shape index (κ1) is 20.0. The summed E-state index contributed by atoms with van der Waals surface area (Å²) in [6.45, 7) is 0.270. The Morgan fingerprint density at radius 3 is 2.48 bits per heavy atom. The summed E-state index contributed by atoms with van der Waals surface area (Å²) in [6, 6.07) is 20.0. The normalized spacial score (nSPS) is 10.4. The van der Waals surface area contributed by atoms with Gasteiger partial charge in [0.25, 0.3) is 5.91 Å². The molecular formula is C24H18FN3O3. The van der Waals surface area contributed by atoms with Gasteiger partial charge in [-0.25, -0.2) is 9.37 Å². The molecule has 0 atom stereocenters. The zero-order valence-corrected chi connectivity index (χ0v) is 16.4. The Hall–Kier alpha value is -4.26. The predicted molar refractivity (Wildman–Crippen MR) is 114 cm³/mol. The summed E-state index contributed by atoms with van der Waals surface area (Å²) in [7, 11) is 0. The van der Waals surface area contributed by atoms with Crippen molar-refractivity contribution in [2.24, 2.45) is 0 Å². The number of nitrogens with one attached hydrogen (secondary N) is 1. The van der Waals surface area contributed by atoms with Gasteiger partial charge in [-0.3, -0.25) is 9.78 Å². The summed E-state index contributed by atoms with van der Waals surface area (Å²) in [6.07, 6.45) is 4.61.